The van der Waals surface area contributed by atoms with Crippen LogP contribution in [0.4, 0.5) is 13.2 Å². The Hall–Kier alpha value is -1.05. The Morgan fingerprint density at radius 1 is 1.47 bits per heavy atom. The standard InChI is InChI=1S/C7H9F3N2O2S/c1-15(13,14)5-4-12-3-2-6(11-12)7(8,9)10/h2-3H,4-5H2,1H3. The van der Waals surface area contributed by atoms with Crippen molar-refractivity contribution in [1.82, 2.24) is 9.78 Å². The van der Waals surface area contributed by atoms with Crippen LogP contribution in [0.2, 0.25) is 0 Å². The molecule has 1 aromatic heterocycles. The van der Waals surface area contributed by atoms with Crippen LogP contribution < -0.4 is 0 Å². The molecule has 1 rings (SSSR count). The van der Waals surface area contributed by atoms with E-state index in [-0.39, 0.29) is 12.3 Å². The summed E-state index contributed by atoms with van der Waals surface area (Å²) >= 11 is 0. The Balaban J connectivity index is 2.70. The van der Waals surface area contributed by atoms with Crippen molar-refractivity contribution in [3.05, 3.63) is 18.0 Å². The maximum absolute atomic E-state index is 12.1. The fourth-order valence-corrected chi connectivity index (χ4v) is 1.42. The van der Waals surface area contributed by atoms with Gasteiger partial charge in [0, 0.05) is 12.5 Å². The van der Waals surface area contributed by atoms with Crippen molar-refractivity contribution in [2.75, 3.05) is 12.0 Å². The van der Waals surface area contributed by atoms with Crippen LogP contribution >= 0.6 is 0 Å². The molecule has 0 unspecified atom stereocenters. The average molecular weight is 242 g/mol. The van der Waals surface area contributed by atoms with Gasteiger partial charge in [0.15, 0.2) is 5.69 Å². The largest absolute Gasteiger partial charge is 0.435 e. The highest BCUT2D eigenvalue weighted by Crippen LogP contribution is 2.27. The van der Waals surface area contributed by atoms with Gasteiger partial charge in [-0.2, -0.15) is 18.3 Å². The number of hydrogen-bond acceptors (Lipinski definition) is 3. The molecular weight excluding hydrogens is 233 g/mol. The molecule has 0 N–H and O–H groups in total. The van der Waals surface area contributed by atoms with Gasteiger partial charge in [0.2, 0.25) is 0 Å². The predicted octanol–water partition coefficient (Wildman–Crippen LogP) is 0.946. The second-order valence-corrected chi connectivity index (χ2v) is 5.35. The minimum absolute atomic E-state index is 0.0745. The second kappa shape index (κ2) is 3.84. The van der Waals surface area contributed by atoms with Gasteiger partial charge in [0.25, 0.3) is 0 Å². The van der Waals surface area contributed by atoms with Gasteiger partial charge in [-0.1, -0.05) is 0 Å². The van der Waals surface area contributed by atoms with Crippen LogP contribution in [0.15, 0.2) is 12.3 Å². The summed E-state index contributed by atoms with van der Waals surface area (Å²) in [5.74, 6) is -0.230. The average Bonchev–Trinajstić information content (AvgIpc) is 2.45. The minimum atomic E-state index is -4.49. The van der Waals surface area contributed by atoms with Crippen LogP contribution in [0, 0.1) is 0 Å². The summed E-state index contributed by atoms with van der Waals surface area (Å²) in [4.78, 5) is 0. The lowest BCUT2D eigenvalue weighted by atomic mass is 10.4. The minimum Gasteiger partial charge on any atom is -0.271 e. The van der Waals surface area contributed by atoms with E-state index in [1.54, 1.807) is 0 Å². The summed E-state index contributed by atoms with van der Waals surface area (Å²) in [6.45, 7) is -0.0745. The number of aryl methyl sites for hydroxylation is 1. The lowest BCUT2D eigenvalue weighted by molar-refractivity contribution is -0.141. The van der Waals surface area contributed by atoms with E-state index in [1.165, 1.54) is 0 Å². The van der Waals surface area contributed by atoms with Gasteiger partial charge < -0.3 is 0 Å². The molecule has 0 bridgehead atoms. The molecule has 15 heavy (non-hydrogen) atoms. The van der Waals surface area contributed by atoms with Gasteiger partial charge in [-0.05, 0) is 6.07 Å². The van der Waals surface area contributed by atoms with Crippen LogP contribution in [-0.4, -0.2) is 30.2 Å². The number of alkyl halides is 3. The third kappa shape index (κ3) is 3.90. The molecule has 0 saturated carbocycles. The molecule has 0 aliphatic rings. The number of rotatable bonds is 3. The van der Waals surface area contributed by atoms with E-state index in [9.17, 15) is 21.6 Å². The number of halogens is 3. The topological polar surface area (TPSA) is 52.0 Å². The van der Waals surface area contributed by atoms with Crippen molar-refractivity contribution >= 4 is 9.84 Å². The van der Waals surface area contributed by atoms with Crippen LogP contribution in [0.5, 0.6) is 0 Å². The molecule has 0 atom stereocenters. The third-order valence-corrected chi connectivity index (χ3v) is 2.55. The molecule has 0 spiro atoms. The van der Waals surface area contributed by atoms with E-state index in [4.69, 9.17) is 0 Å². The number of nitrogens with zero attached hydrogens (tertiary/aromatic N) is 2. The smallest absolute Gasteiger partial charge is 0.271 e. The molecule has 0 aromatic carbocycles. The Morgan fingerprint density at radius 2 is 2.07 bits per heavy atom. The third-order valence-electron chi connectivity index (χ3n) is 1.62. The van der Waals surface area contributed by atoms with Gasteiger partial charge >= 0.3 is 6.18 Å². The Labute approximate surface area is 84.6 Å². The first-order valence-corrected chi connectivity index (χ1v) is 6.03. The van der Waals surface area contributed by atoms with E-state index >= 15 is 0 Å². The molecular formula is C7H9F3N2O2S. The number of sulfone groups is 1. The zero-order valence-corrected chi connectivity index (χ0v) is 8.64. The quantitative estimate of drug-likeness (QED) is 0.792. The number of aromatic nitrogens is 2. The van der Waals surface area contributed by atoms with Crippen molar-refractivity contribution < 1.29 is 21.6 Å². The second-order valence-electron chi connectivity index (χ2n) is 3.09. The summed E-state index contributed by atoms with van der Waals surface area (Å²) in [5, 5.41) is 3.21. The zero-order valence-electron chi connectivity index (χ0n) is 7.82. The van der Waals surface area contributed by atoms with E-state index in [2.05, 4.69) is 5.10 Å². The number of hydrogen-bond donors (Lipinski definition) is 0. The molecule has 4 nitrogen and oxygen atoms in total. The molecule has 1 aromatic rings. The molecule has 0 saturated heterocycles. The molecule has 8 heteroatoms. The zero-order chi connectivity index (χ0) is 11.7. The monoisotopic (exact) mass is 242 g/mol. The van der Waals surface area contributed by atoms with E-state index < -0.39 is 21.7 Å². The molecule has 86 valence electrons. The Kier molecular flexibility index (Phi) is 3.08. The predicted molar refractivity (Wildman–Crippen MR) is 46.9 cm³/mol. The van der Waals surface area contributed by atoms with Crippen LogP contribution in [0.1, 0.15) is 5.69 Å². The highest BCUT2D eigenvalue weighted by molar-refractivity contribution is 7.90. The van der Waals surface area contributed by atoms with Gasteiger partial charge in [0.05, 0.1) is 12.3 Å². The summed E-state index contributed by atoms with van der Waals surface area (Å²) in [5.41, 5.74) is -1.02. The molecule has 0 aliphatic carbocycles. The maximum atomic E-state index is 12.1. The van der Waals surface area contributed by atoms with Crippen molar-refractivity contribution in [1.29, 1.82) is 0 Å². The van der Waals surface area contributed by atoms with Crippen LogP contribution in [0.25, 0.3) is 0 Å². The van der Waals surface area contributed by atoms with Crippen molar-refractivity contribution in [2.45, 2.75) is 12.7 Å². The summed E-state index contributed by atoms with van der Waals surface area (Å²) in [6, 6.07) is 0.808. The lowest BCUT2D eigenvalue weighted by Crippen LogP contribution is -2.13. The van der Waals surface area contributed by atoms with Gasteiger partial charge in [0.1, 0.15) is 9.84 Å². The molecule has 0 amide bonds. The Bertz CT molecular complexity index is 435. The van der Waals surface area contributed by atoms with Gasteiger partial charge in [-0.15, -0.1) is 0 Å². The van der Waals surface area contributed by atoms with Crippen molar-refractivity contribution in [3.63, 3.8) is 0 Å². The summed E-state index contributed by atoms with van der Waals surface area (Å²) in [7, 11) is -3.19. The lowest BCUT2D eigenvalue weighted by Gasteiger charge is -2.02. The fourth-order valence-electron chi connectivity index (χ4n) is 0.897. The summed E-state index contributed by atoms with van der Waals surface area (Å²) in [6.07, 6.45) is -2.37. The fraction of sp³-hybridized carbons (Fsp3) is 0.571. The van der Waals surface area contributed by atoms with Crippen LogP contribution in [0.3, 0.4) is 0 Å². The highest BCUT2D eigenvalue weighted by atomic mass is 32.2. The molecule has 1 heterocycles. The van der Waals surface area contributed by atoms with E-state index in [0.717, 1.165) is 23.2 Å². The SMILES string of the molecule is CS(=O)(=O)CCn1ccc(C(F)(F)F)n1. The van der Waals surface area contributed by atoms with Crippen molar-refractivity contribution in [3.8, 4) is 0 Å². The molecule has 0 fully saturated rings. The first kappa shape index (κ1) is 12.0. The Morgan fingerprint density at radius 3 is 2.47 bits per heavy atom. The molecule has 0 aliphatic heterocycles. The first-order chi connectivity index (χ1) is 6.68. The first-order valence-electron chi connectivity index (χ1n) is 3.97. The van der Waals surface area contributed by atoms with Gasteiger partial charge in [-0.3, -0.25) is 4.68 Å². The van der Waals surface area contributed by atoms with Crippen molar-refractivity contribution in [2.24, 2.45) is 0 Å². The van der Waals surface area contributed by atoms with E-state index in [1.807, 2.05) is 0 Å². The highest BCUT2D eigenvalue weighted by Gasteiger charge is 2.33. The van der Waals surface area contributed by atoms with Crippen LogP contribution in [-0.2, 0) is 22.6 Å². The normalized spacial score (nSPS) is 13.1. The van der Waals surface area contributed by atoms with E-state index in [0.29, 0.717) is 0 Å². The molecule has 0 radical (unpaired) electrons. The van der Waals surface area contributed by atoms with Gasteiger partial charge in [-0.25, -0.2) is 8.42 Å². The summed E-state index contributed by atoms with van der Waals surface area (Å²) < 4.78 is 58.7. The maximum Gasteiger partial charge on any atom is 0.435 e.